The number of hydrogen-bond acceptors (Lipinski definition) is 4. The van der Waals surface area contributed by atoms with Gasteiger partial charge in [-0.05, 0) is 55.7 Å². The molecule has 6 heteroatoms. The van der Waals surface area contributed by atoms with Crippen molar-refractivity contribution in [1.82, 2.24) is 19.9 Å². The number of nitrogens with one attached hydrogen (secondary N) is 2. The van der Waals surface area contributed by atoms with Crippen LogP contribution in [0.5, 0.6) is 0 Å². The second-order valence-electron chi connectivity index (χ2n) is 6.18. The van der Waals surface area contributed by atoms with Crippen LogP contribution in [0.25, 0.3) is 22.1 Å². The maximum absolute atomic E-state index is 4.63. The highest BCUT2D eigenvalue weighted by molar-refractivity contribution is 8.00. The van der Waals surface area contributed by atoms with Crippen LogP contribution in [-0.2, 0) is 0 Å². The molecule has 0 saturated heterocycles. The fourth-order valence-corrected chi connectivity index (χ4v) is 4.57. The lowest BCUT2D eigenvalue weighted by molar-refractivity contribution is 1.04. The molecule has 4 aromatic rings. The number of aromatic nitrogens is 4. The number of H-pyrrole nitrogens is 2. The molecule has 0 aliphatic carbocycles. The molecule has 4 rings (SSSR count). The van der Waals surface area contributed by atoms with Crippen LogP contribution < -0.4 is 0 Å². The number of nitrogens with zero attached hydrogens (tertiary/aromatic N) is 2. The molecule has 0 atom stereocenters. The van der Waals surface area contributed by atoms with Crippen LogP contribution in [0.2, 0.25) is 0 Å². The summed E-state index contributed by atoms with van der Waals surface area (Å²) in [6, 6.07) is 12.6. The van der Waals surface area contributed by atoms with E-state index < -0.39 is 0 Å². The molecular formula is C19H20N4S2. The highest BCUT2D eigenvalue weighted by Crippen LogP contribution is 2.24. The number of fused-ring (bicyclic) bond motifs is 2. The van der Waals surface area contributed by atoms with E-state index in [-0.39, 0.29) is 0 Å². The zero-order valence-corrected chi connectivity index (χ0v) is 15.9. The molecule has 0 spiro atoms. The summed E-state index contributed by atoms with van der Waals surface area (Å²) in [6.45, 7) is 4.20. The van der Waals surface area contributed by atoms with Gasteiger partial charge in [-0.3, -0.25) is 0 Å². The largest absolute Gasteiger partial charge is 0.333 e. The first kappa shape index (κ1) is 16.5. The summed E-state index contributed by atoms with van der Waals surface area (Å²) in [5.41, 5.74) is 6.83. The second-order valence-corrected chi connectivity index (χ2v) is 8.34. The Bertz CT molecular complexity index is 937. The minimum absolute atomic E-state index is 1.00. The number of imidazole rings is 2. The Morgan fingerprint density at radius 1 is 0.760 bits per heavy atom. The SMILES string of the molecule is Cc1ccc2nc(SCCCSc3nc4ccc(C)cc4[nH]3)[nH]c2c1. The van der Waals surface area contributed by atoms with Gasteiger partial charge in [-0.25, -0.2) is 9.97 Å². The first-order chi connectivity index (χ1) is 12.2. The number of hydrogen-bond donors (Lipinski definition) is 2. The first-order valence-corrected chi connectivity index (χ1v) is 10.3. The van der Waals surface area contributed by atoms with Gasteiger partial charge >= 0.3 is 0 Å². The van der Waals surface area contributed by atoms with Crippen molar-refractivity contribution in [3.05, 3.63) is 47.5 Å². The van der Waals surface area contributed by atoms with Crippen LogP contribution in [0.15, 0.2) is 46.7 Å². The van der Waals surface area contributed by atoms with Gasteiger partial charge in [0.2, 0.25) is 0 Å². The Morgan fingerprint density at radius 3 is 1.72 bits per heavy atom. The Hall–Kier alpha value is -1.92. The van der Waals surface area contributed by atoms with E-state index in [0.29, 0.717) is 0 Å². The molecule has 2 heterocycles. The van der Waals surface area contributed by atoms with Crippen LogP contribution in [0, 0.1) is 13.8 Å². The minimum atomic E-state index is 1.00. The quantitative estimate of drug-likeness (QED) is 0.357. The van der Waals surface area contributed by atoms with Crippen molar-refractivity contribution in [3.8, 4) is 0 Å². The van der Waals surface area contributed by atoms with Crippen LogP contribution in [0.1, 0.15) is 17.5 Å². The lowest BCUT2D eigenvalue weighted by Gasteiger charge is -1.97. The molecule has 0 amide bonds. The third kappa shape index (κ3) is 3.85. The third-order valence-electron chi connectivity index (χ3n) is 4.00. The summed E-state index contributed by atoms with van der Waals surface area (Å²) in [5, 5.41) is 2.01. The molecule has 4 nitrogen and oxygen atoms in total. The summed E-state index contributed by atoms with van der Waals surface area (Å²) < 4.78 is 0. The van der Waals surface area contributed by atoms with Crippen LogP contribution in [0.4, 0.5) is 0 Å². The molecule has 25 heavy (non-hydrogen) atoms. The van der Waals surface area contributed by atoms with Crippen LogP contribution in [0.3, 0.4) is 0 Å². The average molecular weight is 369 g/mol. The highest BCUT2D eigenvalue weighted by atomic mass is 32.2. The molecule has 128 valence electrons. The first-order valence-electron chi connectivity index (χ1n) is 8.36. The fraction of sp³-hybridized carbons (Fsp3) is 0.263. The number of thioether (sulfide) groups is 2. The summed E-state index contributed by atoms with van der Waals surface area (Å²) in [5.74, 6) is 2.09. The molecule has 0 saturated carbocycles. The maximum atomic E-state index is 4.63. The van der Waals surface area contributed by atoms with Gasteiger partial charge in [-0.1, -0.05) is 35.7 Å². The zero-order chi connectivity index (χ0) is 17.2. The Morgan fingerprint density at radius 2 is 1.24 bits per heavy atom. The van der Waals surface area contributed by atoms with Gasteiger partial charge in [0, 0.05) is 11.5 Å². The van der Waals surface area contributed by atoms with Crippen molar-refractivity contribution in [2.75, 3.05) is 11.5 Å². The number of rotatable bonds is 6. The molecule has 0 bridgehead atoms. The van der Waals surface area contributed by atoms with Gasteiger partial charge in [0.25, 0.3) is 0 Å². The smallest absolute Gasteiger partial charge is 0.166 e. The van der Waals surface area contributed by atoms with Crippen LogP contribution >= 0.6 is 23.5 Å². The topological polar surface area (TPSA) is 57.4 Å². The van der Waals surface area contributed by atoms with Crippen molar-refractivity contribution < 1.29 is 0 Å². The maximum Gasteiger partial charge on any atom is 0.166 e. The average Bonchev–Trinajstić information content (AvgIpc) is 3.16. The van der Waals surface area contributed by atoms with E-state index in [1.807, 2.05) is 0 Å². The monoisotopic (exact) mass is 368 g/mol. The van der Waals surface area contributed by atoms with E-state index >= 15 is 0 Å². The number of benzene rings is 2. The zero-order valence-electron chi connectivity index (χ0n) is 14.3. The summed E-state index contributed by atoms with van der Waals surface area (Å²) in [6.07, 6.45) is 1.11. The summed E-state index contributed by atoms with van der Waals surface area (Å²) in [7, 11) is 0. The number of aromatic amines is 2. The molecule has 0 fully saturated rings. The van der Waals surface area contributed by atoms with E-state index in [4.69, 9.17) is 0 Å². The van der Waals surface area contributed by atoms with Crippen molar-refractivity contribution in [3.63, 3.8) is 0 Å². The standard InChI is InChI=1S/C19H20N4S2/c1-12-4-6-14-16(10-12)22-18(20-14)24-8-3-9-25-19-21-15-7-5-13(2)11-17(15)23-19/h4-7,10-11H,3,8-9H2,1-2H3,(H,20,22)(H,21,23). The molecule has 2 aromatic heterocycles. The van der Waals surface area contributed by atoms with Gasteiger partial charge < -0.3 is 9.97 Å². The van der Waals surface area contributed by atoms with Crippen LogP contribution in [-0.4, -0.2) is 31.4 Å². The third-order valence-corrected chi connectivity index (χ3v) is 5.92. The van der Waals surface area contributed by atoms with E-state index in [1.54, 1.807) is 23.5 Å². The van der Waals surface area contributed by atoms with Gasteiger partial charge in [0.05, 0.1) is 22.1 Å². The Balaban J connectivity index is 1.28. The van der Waals surface area contributed by atoms with Gasteiger partial charge in [-0.15, -0.1) is 0 Å². The Kier molecular flexibility index (Phi) is 4.72. The molecule has 2 N–H and O–H groups in total. The molecule has 2 aromatic carbocycles. The Labute approximate surface area is 155 Å². The second kappa shape index (κ2) is 7.14. The van der Waals surface area contributed by atoms with E-state index in [2.05, 4.69) is 70.2 Å². The van der Waals surface area contributed by atoms with Crippen molar-refractivity contribution >= 4 is 45.6 Å². The molecule has 0 aliphatic heterocycles. The lowest BCUT2D eigenvalue weighted by atomic mass is 10.2. The van der Waals surface area contributed by atoms with Gasteiger partial charge in [0.15, 0.2) is 10.3 Å². The predicted molar refractivity (Wildman–Crippen MR) is 108 cm³/mol. The van der Waals surface area contributed by atoms with E-state index in [0.717, 1.165) is 50.3 Å². The fourth-order valence-electron chi connectivity index (χ4n) is 2.73. The van der Waals surface area contributed by atoms with E-state index in [1.165, 1.54) is 11.1 Å². The van der Waals surface area contributed by atoms with Crippen molar-refractivity contribution in [2.24, 2.45) is 0 Å². The van der Waals surface area contributed by atoms with Crippen molar-refractivity contribution in [2.45, 2.75) is 30.6 Å². The molecule has 0 aliphatic rings. The van der Waals surface area contributed by atoms with Crippen molar-refractivity contribution in [1.29, 1.82) is 0 Å². The molecular weight excluding hydrogens is 348 g/mol. The van der Waals surface area contributed by atoms with Gasteiger partial charge in [-0.2, -0.15) is 0 Å². The lowest BCUT2D eigenvalue weighted by Crippen LogP contribution is -1.86. The molecule has 0 radical (unpaired) electrons. The normalized spacial score (nSPS) is 11.6. The molecule has 0 unspecified atom stereocenters. The minimum Gasteiger partial charge on any atom is -0.333 e. The van der Waals surface area contributed by atoms with Gasteiger partial charge in [0.1, 0.15) is 0 Å². The summed E-state index contributed by atoms with van der Waals surface area (Å²) in [4.78, 5) is 16.0. The number of aryl methyl sites for hydroxylation is 2. The predicted octanol–water partition coefficient (Wildman–Crippen LogP) is 5.33. The summed E-state index contributed by atoms with van der Waals surface area (Å²) >= 11 is 3.57. The van der Waals surface area contributed by atoms with E-state index in [9.17, 15) is 0 Å². The highest BCUT2D eigenvalue weighted by Gasteiger charge is 2.05.